The quantitative estimate of drug-likeness (QED) is 0.492. The molecule has 9 heavy (non-hydrogen) atoms. The van der Waals surface area contributed by atoms with Crippen LogP contribution in [-0.4, -0.2) is 17.6 Å². The van der Waals surface area contributed by atoms with Crippen molar-refractivity contribution in [3.63, 3.8) is 0 Å². The Hall–Kier alpha value is -0.830. The van der Waals surface area contributed by atoms with Crippen LogP contribution in [0, 0.1) is 6.04 Å². The highest BCUT2D eigenvalue weighted by Gasteiger charge is 2.17. The van der Waals surface area contributed by atoms with Gasteiger partial charge < -0.3 is 5.11 Å². The van der Waals surface area contributed by atoms with Crippen molar-refractivity contribution in [3.05, 3.63) is 18.2 Å². The van der Waals surface area contributed by atoms with Crippen LogP contribution in [0.5, 0.6) is 0 Å². The fraction of sp³-hybridized carbons (Fsp3) is 0.333. The maximum absolute atomic E-state index is 10.2. The normalized spacial score (nSPS) is 20.0. The zero-order chi connectivity index (χ0) is 6.69. The van der Waals surface area contributed by atoms with Crippen LogP contribution in [0.1, 0.15) is 6.42 Å². The van der Waals surface area contributed by atoms with Crippen molar-refractivity contribution < 1.29 is 9.90 Å². The summed E-state index contributed by atoms with van der Waals surface area (Å²) in [7, 11) is 0. The third-order valence-corrected chi connectivity index (χ3v) is 1.18. The average molecular weight is 126 g/mol. The molecule has 0 bridgehead atoms. The lowest BCUT2D eigenvalue weighted by Crippen LogP contribution is -2.30. The molecular weight excluding hydrogens is 118 g/mol. The highest BCUT2D eigenvalue weighted by atomic mass is 16.4. The van der Waals surface area contributed by atoms with Crippen LogP contribution in [0.25, 0.3) is 0 Å². The number of rotatable bonds is 1. The number of hydrogen-bond acceptors (Lipinski definition) is 2. The van der Waals surface area contributed by atoms with Crippen molar-refractivity contribution in [1.82, 2.24) is 5.32 Å². The molecule has 1 aliphatic rings. The zero-order valence-electron chi connectivity index (χ0n) is 4.92. The van der Waals surface area contributed by atoms with Gasteiger partial charge in [-0.05, 0) is 6.42 Å². The Bertz CT molecular complexity index is 142. The predicted molar refractivity (Wildman–Crippen MR) is 32.6 cm³/mol. The molecule has 1 radical (unpaired) electrons. The van der Waals surface area contributed by atoms with Gasteiger partial charge in [-0.2, -0.15) is 0 Å². The Labute approximate surface area is 53.4 Å². The molecular formula is C6H8NO2. The third-order valence-electron chi connectivity index (χ3n) is 1.18. The van der Waals surface area contributed by atoms with Gasteiger partial charge in [-0.25, -0.2) is 0 Å². The standard InChI is InChI=1S/C6H8NO2/c8-6(9)5-3-1-2-4-7-5/h1-2,7H,3-4H2,(H,8,9). The monoisotopic (exact) mass is 126 g/mol. The van der Waals surface area contributed by atoms with Crippen LogP contribution in [-0.2, 0) is 4.79 Å². The van der Waals surface area contributed by atoms with Gasteiger partial charge in [0.05, 0.1) is 0 Å². The van der Waals surface area contributed by atoms with Gasteiger partial charge in [0, 0.05) is 6.54 Å². The summed E-state index contributed by atoms with van der Waals surface area (Å²) in [5.74, 6) is -0.848. The van der Waals surface area contributed by atoms with Crippen molar-refractivity contribution in [1.29, 1.82) is 0 Å². The molecule has 0 saturated heterocycles. The molecule has 0 unspecified atom stereocenters. The van der Waals surface area contributed by atoms with Crippen molar-refractivity contribution in [3.8, 4) is 0 Å². The fourth-order valence-electron chi connectivity index (χ4n) is 0.702. The third kappa shape index (κ3) is 1.54. The molecule has 0 aromatic carbocycles. The number of nitrogens with one attached hydrogen (secondary N) is 1. The van der Waals surface area contributed by atoms with E-state index in [0.717, 1.165) is 0 Å². The Kier molecular flexibility index (Phi) is 1.85. The van der Waals surface area contributed by atoms with E-state index in [0.29, 0.717) is 19.0 Å². The SMILES string of the molecule is O=C(O)[C]1CC=CCN1. The summed E-state index contributed by atoms with van der Waals surface area (Å²) >= 11 is 0. The zero-order valence-corrected chi connectivity index (χ0v) is 4.92. The Morgan fingerprint density at radius 1 is 1.67 bits per heavy atom. The lowest BCUT2D eigenvalue weighted by atomic mass is 10.1. The summed E-state index contributed by atoms with van der Waals surface area (Å²) < 4.78 is 0. The van der Waals surface area contributed by atoms with E-state index in [2.05, 4.69) is 5.32 Å². The molecule has 0 saturated carbocycles. The van der Waals surface area contributed by atoms with Gasteiger partial charge in [0.2, 0.25) is 0 Å². The highest BCUT2D eigenvalue weighted by Crippen LogP contribution is 2.05. The van der Waals surface area contributed by atoms with E-state index in [-0.39, 0.29) is 0 Å². The molecule has 1 heterocycles. The van der Waals surface area contributed by atoms with Crippen molar-refractivity contribution in [2.24, 2.45) is 0 Å². The van der Waals surface area contributed by atoms with Gasteiger partial charge in [-0.1, -0.05) is 12.2 Å². The molecule has 0 aromatic heterocycles. The molecule has 1 rings (SSSR count). The van der Waals surface area contributed by atoms with Gasteiger partial charge in [0.15, 0.2) is 0 Å². The first-order valence-corrected chi connectivity index (χ1v) is 2.78. The number of carboxylic acid groups (broad SMARTS) is 1. The van der Waals surface area contributed by atoms with E-state index in [1.165, 1.54) is 0 Å². The Balaban J connectivity index is 2.44. The van der Waals surface area contributed by atoms with E-state index in [1.54, 1.807) is 0 Å². The van der Waals surface area contributed by atoms with E-state index >= 15 is 0 Å². The Morgan fingerprint density at radius 3 is 2.78 bits per heavy atom. The average Bonchev–Trinajstić information content (AvgIpc) is 1.90. The van der Waals surface area contributed by atoms with Crippen LogP contribution >= 0.6 is 0 Å². The second-order valence-electron chi connectivity index (χ2n) is 1.84. The summed E-state index contributed by atoms with van der Waals surface area (Å²) in [5, 5.41) is 11.2. The molecule has 0 aromatic rings. The summed E-state index contributed by atoms with van der Waals surface area (Å²) in [6, 6.07) is 0.387. The first-order valence-electron chi connectivity index (χ1n) is 2.78. The largest absolute Gasteiger partial charge is 0.480 e. The number of carbonyl (C=O) groups is 1. The summed E-state index contributed by atoms with van der Waals surface area (Å²) in [6.45, 7) is 0.641. The van der Waals surface area contributed by atoms with Crippen molar-refractivity contribution in [2.75, 3.05) is 6.54 Å². The van der Waals surface area contributed by atoms with E-state index < -0.39 is 5.97 Å². The second kappa shape index (κ2) is 2.64. The molecule has 0 atom stereocenters. The molecule has 0 aliphatic carbocycles. The van der Waals surface area contributed by atoms with Gasteiger partial charge in [0.1, 0.15) is 6.04 Å². The summed E-state index contributed by atoms with van der Waals surface area (Å²) in [5.41, 5.74) is 0. The summed E-state index contributed by atoms with van der Waals surface area (Å²) in [6.07, 6.45) is 4.28. The van der Waals surface area contributed by atoms with E-state index in [9.17, 15) is 4.79 Å². The maximum atomic E-state index is 10.2. The minimum absolute atomic E-state index is 0.387. The van der Waals surface area contributed by atoms with Crippen LogP contribution in [0.4, 0.5) is 0 Å². The fourth-order valence-corrected chi connectivity index (χ4v) is 0.702. The smallest absolute Gasteiger partial charge is 0.326 e. The number of aliphatic carboxylic acids is 1. The Morgan fingerprint density at radius 2 is 2.44 bits per heavy atom. The van der Waals surface area contributed by atoms with Crippen molar-refractivity contribution >= 4 is 5.97 Å². The second-order valence-corrected chi connectivity index (χ2v) is 1.84. The molecule has 3 nitrogen and oxygen atoms in total. The molecule has 3 heteroatoms. The molecule has 2 N–H and O–H groups in total. The highest BCUT2D eigenvalue weighted by molar-refractivity contribution is 5.82. The maximum Gasteiger partial charge on any atom is 0.326 e. The van der Waals surface area contributed by atoms with Crippen molar-refractivity contribution in [2.45, 2.75) is 6.42 Å². The summed E-state index contributed by atoms with van der Waals surface area (Å²) in [4.78, 5) is 10.2. The van der Waals surface area contributed by atoms with Gasteiger partial charge in [-0.15, -0.1) is 0 Å². The molecule has 0 amide bonds. The van der Waals surface area contributed by atoms with Crippen LogP contribution in [0.2, 0.25) is 0 Å². The van der Waals surface area contributed by atoms with E-state index in [4.69, 9.17) is 5.11 Å². The van der Waals surface area contributed by atoms with E-state index in [1.807, 2.05) is 12.2 Å². The minimum Gasteiger partial charge on any atom is -0.480 e. The lowest BCUT2D eigenvalue weighted by molar-refractivity contribution is -0.135. The molecule has 49 valence electrons. The molecule has 0 spiro atoms. The first kappa shape index (κ1) is 6.29. The lowest BCUT2D eigenvalue weighted by Gasteiger charge is -2.12. The molecule has 1 aliphatic heterocycles. The van der Waals surface area contributed by atoms with Gasteiger partial charge >= 0.3 is 5.97 Å². The van der Waals surface area contributed by atoms with Crippen LogP contribution in [0.3, 0.4) is 0 Å². The first-order chi connectivity index (χ1) is 4.30. The van der Waals surface area contributed by atoms with Crippen LogP contribution in [0.15, 0.2) is 12.2 Å². The minimum atomic E-state index is -0.848. The number of carboxylic acids is 1. The number of hydrogen-bond donors (Lipinski definition) is 2. The predicted octanol–water partition coefficient (Wildman–Crippen LogP) is 0.152. The molecule has 0 fully saturated rings. The van der Waals surface area contributed by atoms with Gasteiger partial charge in [0.25, 0.3) is 0 Å². The van der Waals surface area contributed by atoms with Crippen LogP contribution < -0.4 is 5.32 Å². The van der Waals surface area contributed by atoms with Gasteiger partial charge in [-0.3, -0.25) is 10.1 Å². The topological polar surface area (TPSA) is 49.3 Å².